The Morgan fingerprint density at radius 3 is 2.90 bits per heavy atom. The van der Waals surface area contributed by atoms with E-state index in [0.29, 0.717) is 24.2 Å². The first-order valence-electron chi connectivity index (χ1n) is 7.20. The van der Waals surface area contributed by atoms with Crippen molar-refractivity contribution in [2.45, 2.75) is 45.3 Å². The maximum atomic E-state index is 13.5. The quantitative estimate of drug-likeness (QED) is 0.859. The first kappa shape index (κ1) is 15.0. The van der Waals surface area contributed by atoms with Gasteiger partial charge in [-0.25, -0.2) is 4.39 Å². The molecule has 1 N–H and O–H groups in total. The summed E-state index contributed by atoms with van der Waals surface area (Å²) < 4.78 is 19.5. The van der Waals surface area contributed by atoms with E-state index in [9.17, 15) is 4.39 Å². The predicted molar refractivity (Wildman–Crippen MR) is 76.6 cm³/mol. The number of ether oxygens (including phenoxy) is 1. The van der Waals surface area contributed by atoms with Gasteiger partial charge in [0.2, 0.25) is 0 Å². The molecule has 0 aromatic heterocycles. The summed E-state index contributed by atoms with van der Waals surface area (Å²) in [5.41, 5.74) is 1.24. The monoisotopic (exact) mass is 276 g/mol. The molecule has 1 saturated carbocycles. The van der Waals surface area contributed by atoms with Crippen LogP contribution < -0.4 is 0 Å². The van der Waals surface area contributed by atoms with Crippen LogP contribution in [-0.4, -0.2) is 17.8 Å². The fraction of sp³-hybridized carbons (Fsp3) is 0.529. The van der Waals surface area contributed by atoms with Crippen molar-refractivity contribution < 1.29 is 14.2 Å². The van der Waals surface area contributed by atoms with Crippen LogP contribution in [0.25, 0.3) is 0 Å². The Labute approximate surface area is 120 Å². The molecule has 108 valence electrons. The van der Waals surface area contributed by atoms with Gasteiger partial charge in [-0.3, -0.25) is 0 Å². The van der Waals surface area contributed by atoms with E-state index in [1.54, 1.807) is 12.1 Å². The van der Waals surface area contributed by atoms with Gasteiger partial charge in [0.15, 0.2) is 0 Å². The van der Waals surface area contributed by atoms with Crippen LogP contribution in [0.2, 0.25) is 0 Å². The molecule has 0 saturated heterocycles. The Hall–Kier alpha value is -1.37. The van der Waals surface area contributed by atoms with Gasteiger partial charge < -0.3 is 9.84 Å². The lowest BCUT2D eigenvalue weighted by Crippen LogP contribution is -2.25. The lowest BCUT2D eigenvalue weighted by atomic mass is 9.88. The van der Waals surface area contributed by atoms with Crippen molar-refractivity contribution in [2.24, 2.45) is 5.92 Å². The minimum Gasteiger partial charge on any atom is -0.384 e. The molecule has 2 rings (SSSR count). The van der Waals surface area contributed by atoms with E-state index in [1.165, 1.54) is 25.3 Å². The minimum absolute atomic E-state index is 0.264. The van der Waals surface area contributed by atoms with Gasteiger partial charge in [0.1, 0.15) is 12.4 Å². The van der Waals surface area contributed by atoms with Crippen molar-refractivity contribution in [3.05, 3.63) is 35.1 Å². The molecule has 2 unspecified atom stereocenters. The summed E-state index contributed by atoms with van der Waals surface area (Å²) in [5.74, 6) is 5.32. The molecule has 0 radical (unpaired) electrons. The summed E-state index contributed by atoms with van der Waals surface area (Å²) in [6, 6.07) is 4.84. The Bertz CT molecular complexity index is 501. The summed E-state index contributed by atoms with van der Waals surface area (Å²) in [7, 11) is 0. The molecule has 0 heterocycles. The van der Waals surface area contributed by atoms with Crippen LogP contribution >= 0.6 is 0 Å². The number of rotatable bonds is 3. The van der Waals surface area contributed by atoms with Crippen molar-refractivity contribution in [1.82, 2.24) is 0 Å². The second-order valence-corrected chi connectivity index (χ2v) is 5.39. The molecule has 2 atom stereocenters. The average Bonchev–Trinajstić information content (AvgIpc) is 2.46. The number of halogens is 1. The lowest BCUT2D eigenvalue weighted by molar-refractivity contribution is -0.0154. The van der Waals surface area contributed by atoms with Gasteiger partial charge in [-0.05, 0) is 36.5 Å². The zero-order valence-corrected chi connectivity index (χ0v) is 11.9. The number of benzene rings is 1. The third kappa shape index (κ3) is 4.06. The molecule has 1 aliphatic rings. The molecule has 2 nitrogen and oxygen atoms in total. The number of aliphatic hydroxyl groups is 1. The average molecular weight is 276 g/mol. The molecular weight excluding hydrogens is 255 g/mol. The third-order valence-electron chi connectivity index (χ3n) is 3.83. The molecule has 20 heavy (non-hydrogen) atoms. The molecule has 3 heteroatoms. The molecule has 0 bridgehead atoms. The zero-order chi connectivity index (χ0) is 14.4. The number of aliphatic hydroxyl groups excluding tert-OH is 1. The van der Waals surface area contributed by atoms with E-state index in [-0.39, 0.29) is 12.4 Å². The second-order valence-electron chi connectivity index (χ2n) is 5.39. The first-order valence-corrected chi connectivity index (χ1v) is 7.20. The van der Waals surface area contributed by atoms with Gasteiger partial charge in [-0.1, -0.05) is 37.7 Å². The van der Waals surface area contributed by atoms with Gasteiger partial charge in [-0.2, -0.15) is 0 Å². The highest BCUT2D eigenvalue weighted by molar-refractivity contribution is 5.38. The van der Waals surface area contributed by atoms with Gasteiger partial charge in [-0.15, -0.1) is 0 Å². The second kappa shape index (κ2) is 7.42. The van der Waals surface area contributed by atoms with Crippen LogP contribution in [0, 0.1) is 23.6 Å². The fourth-order valence-corrected chi connectivity index (χ4v) is 2.63. The Morgan fingerprint density at radius 1 is 1.35 bits per heavy atom. The fourth-order valence-electron chi connectivity index (χ4n) is 2.63. The number of hydrogen-bond acceptors (Lipinski definition) is 2. The van der Waals surface area contributed by atoms with Crippen molar-refractivity contribution in [3.8, 4) is 11.8 Å². The maximum Gasteiger partial charge on any atom is 0.138 e. The summed E-state index contributed by atoms with van der Waals surface area (Å²) in [6.45, 7) is 2.45. The van der Waals surface area contributed by atoms with E-state index >= 15 is 0 Å². The highest BCUT2D eigenvalue weighted by atomic mass is 19.1. The van der Waals surface area contributed by atoms with Crippen molar-refractivity contribution >= 4 is 0 Å². The lowest BCUT2D eigenvalue weighted by Gasteiger charge is -2.28. The van der Waals surface area contributed by atoms with Gasteiger partial charge in [0.25, 0.3) is 0 Å². The molecule has 0 spiro atoms. The van der Waals surface area contributed by atoms with E-state index < -0.39 is 0 Å². The third-order valence-corrected chi connectivity index (χ3v) is 3.83. The Morgan fingerprint density at radius 2 is 2.15 bits per heavy atom. The highest BCUT2D eigenvalue weighted by Gasteiger charge is 2.21. The van der Waals surface area contributed by atoms with Crippen LogP contribution in [0.3, 0.4) is 0 Å². The summed E-state index contributed by atoms with van der Waals surface area (Å²) >= 11 is 0. The topological polar surface area (TPSA) is 29.5 Å². The van der Waals surface area contributed by atoms with Crippen LogP contribution in [0.5, 0.6) is 0 Å². The predicted octanol–water partition coefficient (Wildman–Crippen LogP) is 3.26. The summed E-state index contributed by atoms with van der Waals surface area (Å²) in [6.07, 6.45) is 5.16. The SMILES string of the molecule is CC1CCCCC1OCc1ccc(F)c(C#CCO)c1. The Kier molecular flexibility index (Phi) is 5.58. The summed E-state index contributed by atoms with van der Waals surface area (Å²) in [5, 5.41) is 8.67. The van der Waals surface area contributed by atoms with Crippen molar-refractivity contribution in [3.63, 3.8) is 0 Å². The van der Waals surface area contributed by atoms with Gasteiger partial charge in [0.05, 0.1) is 18.3 Å². The van der Waals surface area contributed by atoms with Crippen molar-refractivity contribution in [2.75, 3.05) is 6.61 Å². The van der Waals surface area contributed by atoms with Crippen LogP contribution in [0.1, 0.15) is 43.7 Å². The van der Waals surface area contributed by atoms with Crippen LogP contribution in [0.15, 0.2) is 18.2 Å². The van der Waals surface area contributed by atoms with Crippen LogP contribution in [-0.2, 0) is 11.3 Å². The molecule has 0 aliphatic heterocycles. The largest absolute Gasteiger partial charge is 0.384 e. The molecule has 0 amide bonds. The van der Waals surface area contributed by atoms with E-state index in [4.69, 9.17) is 9.84 Å². The number of hydrogen-bond donors (Lipinski definition) is 1. The summed E-state index contributed by atoms with van der Waals surface area (Å²) in [4.78, 5) is 0. The molecule has 1 aliphatic carbocycles. The van der Waals surface area contributed by atoms with E-state index in [1.807, 2.05) is 0 Å². The molecular formula is C17H21FO2. The highest BCUT2D eigenvalue weighted by Crippen LogP contribution is 2.27. The standard InChI is InChI=1S/C17H21FO2/c1-13-5-2-3-7-17(13)20-12-14-8-9-16(18)15(11-14)6-4-10-19/h8-9,11,13,17,19H,2-3,5,7,10,12H2,1H3. The molecule has 1 aromatic rings. The normalized spacial score (nSPS) is 22.1. The van der Waals surface area contributed by atoms with Gasteiger partial charge in [0, 0.05) is 0 Å². The smallest absolute Gasteiger partial charge is 0.138 e. The van der Waals surface area contributed by atoms with E-state index in [2.05, 4.69) is 18.8 Å². The molecule has 1 fully saturated rings. The first-order chi connectivity index (χ1) is 9.70. The zero-order valence-electron chi connectivity index (χ0n) is 11.9. The van der Waals surface area contributed by atoms with Crippen molar-refractivity contribution in [1.29, 1.82) is 0 Å². The Balaban J connectivity index is 1.99. The maximum absolute atomic E-state index is 13.5. The minimum atomic E-state index is -0.360. The van der Waals surface area contributed by atoms with E-state index in [0.717, 1.165) is 12.0 Å². The van der Waals surface area contributed by atoms with Crippen LogP contribution in [0.4, 0.5) is 4.39 Å². The van der Waals surface area contributed by atoms with Gasteiger partial charge >= 0.3 is 0 Å². The molecule has 1 aromatic carbocycles.